The Balaban J connectivity index is 2.15. The molecule has 2 heterocycles. The number of nitrogens with zero attached hydrogens (tertiary/aromatic N) is 2. The SMILES string of the molecule is COC(=O)NC1CCN(c2nc(C)ccc2C(N)=S)C1. The standard InChI is InChI=1S/C13H18N4O2S/c1-8-3-4-10(11(14)20)12(15-8)17-6-5-9(7-17)16-13(18)19-2/h3-4,9H,5-7H2,1-2H3,(H2,14,20)(H,16,18). The van der Waals surface area contributed by atoms with Crippen LogP contribution in [-0.4, -0.2) is 42.3 Å². The molecular formula is C13H18N4O2S. The molecule has 1 aromatic heterocycles. The van der Waals surface area contributed by atoms with Crippen LogP contribution in [-0.2, 0) is 4.74 Å². The predicted octanol–water partition coefficient (Wildman–Crippen LogP) is 0.959. The van der Waals surface area contributed by atoms with Gasteiger partial charge in [-0.1, -0.05) is 12.2 Å². The predicted molar refractivity (Wildman–Crippen MR) is 81.0 cm³/mol. The molecule has 7 heteroatoms. The van der Waals surface area contributed by atoms with E-state index in [9.17, 15) is 4.79 Å². The lowest BCUT2D eigenvalue weighted by Gasteiger charge is -2.21. The lowest BCUT2D eigenvalue weighted by Crippen LogP contribution is -2.37. The van der Waals surface area contributed by atoms with E-state index >= 15 is 0 Å². The van der Waals surface area contributed by atoms with E-state index in [0.717, 1.165) is 30.0 Å². The van der Waals surface area contributed by atoms with Crippen molar-refractivity contribution < 1.29 is 9.53 Å². The van der Waals surface area contributed by atoms with Crippen LogP contribution in [0.15, 0.2) is 12.1 Å². The Labute approximate surface area is 123 Å². The zero-order valence-corrected chi connectivity index (χ0v) is 12.4. The quantitative estimate of drug-likeness (QED) is 0.808. The molecule has 20 heavy (non-hydrogen) atoms. The normalized spacial score (nSPS) is 17.9. The van der Waals surface area contributed by atoms with Gasteiger partial charge in [-0.2, -0.15) is 0 Å². The monoisotopic (exact) mass is 294 g/mol. The summed E-state index contributed by atoms with van der Waals surface area (Å²) in [5.41, 5.74) is 7.42. The van der Waals surface area contributed by atoms with E-state index in [-0.39, 0.29) is 6.04 Å². The molecule has 6 nitrogen and oxygen atoms in total. The summed E-state index contributed by atoms with van der Waals surface area (Å²) in [6, 6.07) is 3.82. The van der Waals surface area contributed by atoms with Crippen molar-refractivity contribution >= 4 is 29.1 Å². The van der Waals surface area contributed by atoms with Crippen LogP contribution >= 0.6 is 12.2 Å². The Bertz CT molecular complexity index is 535. The molecule has 1 fully saturated rings. The maximum Gasteiger partial charge on any atom is 0.407 e. The number of carbonyl (C=O) groups excluding carboxylic acids is 1. The fourth-order valence-corrected chi connectivity index (χ4v) is 2.43. The summed E-state index contributed by atoms with van der Waals surface area (Å²) in [5, 5.41) is 2.80. The minimum atomic E-state index is -0.413. The van der Waals surface area contributed by atoms with Gasteiger partial charge in [0.1, 0.15) is 10.8 Å². The van der Waals surface area contributed by atoms with Crippen LogP contribution in [0.3, 0.4) is 0 Å². The van der Waals surface area contributed by atoms with Crippen molar-refractivity contribution in [3.8, 4) is 0 Å². The summed E-state index contributed by atoms with van der Waals surface area (Å²) in [6.45, 7) is 3.38. The average molecular weight is 294 g/mol. The number of hydrogen-bond donors (Lipinski definition) is 2. The number of alkyl carbamates (subject to hydrolysis) is 1. The third-order valence-electron chi connectivity index (χ3n) is 3.27. The highest BCUT2D eigenvalue weighted by Crippen LogP contribution is 2.23. The van der Waals surface area contributed by atoms with Crippen LogP contribution < -0.4 is 16.0 Å². The summed E-state index contributed by atoms with van der Waals surface area (Å²) in [7, 11) is 1.36. The van der Waals surface area contributed by atoms with Gasteiger partial charge >= 0.3 is 6.09 Å². The number of methoxy groups -OCH3 is 1. The molecule has 108 valence electrons. The van der Waals surface area contributed by atoms with Crippen LogP contribution in [0, 0.1) is 6.92 Å². The molecule has 0 aliphatic carbocycles. The largest absolute Gasteiger partial charge is 0.453 e. The van der Waals surface area contributed by atoms with Crippen molar-refractivity contribution in [2.24, 2.45) is 5.73 Å². The Morgan fingerprint density at radius 2 is 2.35 bits per heavy atom. The number of nitrogens with two attached hydrogens (primary N) is 1. The maximum absolute atomic E-state index is 11.2. The summed E-state index contributed by atoms with van der Waals surface area (Å²) < 4.78 is 4.61. The van der Waals surface area contributed by atoms with Gasteiger partial charge in [0.05, 0.1) is 18.7 Å². The van der Waals surface area contributed by atoms with E-state index in [4.69, 9.17) is 18.0 Å². The molecule has 1 aliphatic rings. The number of anilines is 1. The van der Waals surface area contributed by atoms with Crippen molar-refractivity contribution in [1.29, 1.82) is 0 Å². The summed E-state index contributed by atoms with van der Waals surface area (Å²) in [5.74, 6) is 0.784. The second-order valence-corrected chi connectivity index (χ2v) is 5.20. The van der Waals surface area contributed by atoms with E-state index in [1.54, 1.807) is 0 Å². The van der Waals surface area contributed by atoms with Crippen LogP contribution in [0.5, 0.6) is 0 Å². The summed E-state index contributed by atoms with van der Waals surface area (Å²) >= 11 is 5.07. The number of amides is 1. The first-order chi connectivity index (χ1) is 9.51. The van der Waals surface area contributed by atoms with Gasteiger partial charge in [0.15, 0.2) is 0 Å². The minimum absolute atomic E-state index is 0.0453. The third-order valence-corrected chi connectivity index (χ3v) is 3.49. The lowest BCUT2D eigenvalue weighted by atomic mass is 10.2. The Kier molecular flexibility index (Phi) is 4.39. The molecule has 1 saturated heterocycles. The van der Waals surface area contributed by atoms with Gasteiger partial charge < -0.3 is 20.7 Å². The van der Waals surface area contributed by atoms with Crippen molar-refractivity contribution in [2.75, 3.05) is 25.1 Å². The number of rotatable bonds is 3. The van der Waals surface area contributed by atoms with Crippen molar-refractivity contribution in [3.05, 3.63) is 23.4 Å². The molecule has 1 unspecified atom stereocenters. The molecule has 1 aromatic rings. The molecule has 0 aromatic carbocycles. The molecule has 1 aliphatic heterocycles. The first-order valence-corrected chi connectivity index (χ1v) is 6.79. The number of thiocarbonyl (C=S) groups is 1. The molecule has 1 atom stereocenters. The molecule has 0 saturated carbocycles. The van der Waals surface area contributed by atoms with Gasteiger partial charge in [-0.15, -0.1) is 0 Å². The van der Waals surface area contributed by atoms with E-state index in [1.807, 2.05) is 19.1 Å². The average Bonchev–Trinajstić information content (AvgIpc) is 2.86. The summed E-state index contributed by atoms with van der Waals surface area (Å²) in [6.07, 6.45) is 0.422. The summed E-state index contributed by atoms with van der Waals surface area (Å²) in [4.78, 5) is 18.2. The first-order valence-electron chi connectivity index (χ1n) is 6.38. The Hall–Kier alpha value is -1.89. The maximum atomic E-state index is 11.2. The third kappa shape index (κ3) is 3.16. The highest BCUT2D eigenvalue weighted by Gasteiger charge is 2.27. The molecular weight excluding hydrogens is 276 g/mol. The number of carbonyl (C=O) groups is 1. The number of pyridine rings is 1. The van der Waals surface area contributed by atoms with Gasteiger partial charge in [-0.3, -0.25) is 0 Å². The van der Waals surface area contributed by atoms with Crippen LogP contribution in [0.1, 0.15) is 17.7 Å². The minimum Gasteiger partial charge on any atom is -0.453 e. The molecule has 3 N–H and O–H groups in total. The Morgan fingerprint density at radius 1 is 1.60 bits per heavy atom. The molecule has 0 spiro atoms. The number of hydrogen-bond acceptors (Lipinski definition) is 5. The molecule has 2 rings (SSSR count). The van der Waals surface area contributed by atoms with Crippen molar-refractivity contribution in [3.63, 3.8) is 0 Å². The Morgan fingerprint density at radius 3 is 3.00 bits per heavy atom. The molecule has 0 bridgehead atoms. The van der Waals surface area contributed by atoms with Crippen LogP contribution in [0.4, 0.5) is 10.6 Å². The fraction of sp³-hybridized carbons (Fsp3) is 0.462. The fourth-order valence-electron chi connectivity index (χ4n) is 2.27. The number of aromatic nitrogens is 1. The van der Waals surface area contributed by atoms with Crippen molar-refractivity contribution in [1.82, 2.24) is 10.3 Å². The van der Waals surface area contributed by atoms with Crippen LogP contribution in [0.25, 0.3) is 0 Å². The second-order valence-electron chi connectivity index (χ2n) is 4.76. The molecule has 0 radical (unpaired) electrons. The number of aryl methyl sites for hydroxylation is 1. The number of nitrogens with one attached hydrogen (secondary N) is 1. The van der Waals surface area contributed by atoms with Gasteiger partial charge in [-0.25, -0.2) is 9.78 Å². The van der Waals surface area contributed by atoms with Gasteiger partial charge in [-0.05, 0) is 25.5 Å². The van der Waals surface area contributed by atoms with E-state index in [2.05, 4.69) is 19.9 Å². The highest BCUT2D eigenvalue weighted by atomic mass is 32.1. The smallest absolute Gasteiger partial charge is 0.407 e. The van der Waals surface area contributed by atoms with Gasteiger partial charge in [0, 0.05) is 18.8 Å². The lowest BCUT2D eigenvalue weighted by molar-refractivity contribution is 0.167. The van der Waals surface area contributed by atoms with Crippen molar-refractivity contribution in [2.45, 2.75) is 19.4 Å². The molecule has 1 amide bonds. The highest BCUT2D eigenvalue weighted by molar-refractivity contribution is 7.80. The van der Waals surface area contributed by atoms with Crippen LogP contribution in [0.2, 0.25) is 0 Å². The number of ether oxygens (including phenoxy) is 1. The topological polar surface area (TPSA) is 80.5 Å². The van der Waals surface area contributed by atoms with E-state index in [1.165, 1.54) is 7.11 Å². The first kappa shape index (κ1) is 14.5. The van der Waals surface area contributed by atoms with E-state index in [0.29, 0.717) is 11.5 Å². The zero-order chi connectivity index (χ0) is 14.7. The van der Waals surface area contributed by atoms with E-state index < -0.39 is 6.09 Å². The van der Waals surface area contributed by atoms with Gasteiger partial charge in [0.25, 0.3) is 0 Å². The second kappa shape index (κ2) is 6.04. The van der Waals surface area contributed by atoms with Gasteiger partial charge in [0.2, 0.25) is 0 Å². The zero-order valence-electron chi connectivity index (χ0n) is 11.5.